The van der Waals surface area contributed by atoms with Gasteiger partial charge in [-0.05, 0) is 6.92 Å². The molecular weight excluding hydrogens is 474 g/mol. The summed E-state index contributed by atoms with van der Waals surface area (Å²) >= 11 is 13.8. The van der Waals surface area contributed by atoms with Gasteiger partial charge >= 0.3 is 6.09 Å². The van der Waals surface area contributed by atoms with E-state index in [9.17, 15) is 4.79 Å². The molecule has 0 aromatic rings. The number of carbonyl (C=O) groups excluding carboxylic acids is 1. The normalized spacial score (nSPS) is 18.6. The highest BCUT2D eigenvalue weighted by Crippen LogP contribution is 2.30. The summed E-state index contributed by atoms with van der Waals surface area (Å²) in [6, 6.07) is 0. The molecule has 0 saturated heterocycles. The zero-order valence-corrected chi connectivity index (χ0v) is 15.2. The van der Waals surface area contributed by atoms with Crippen LogP contribution in [0.1, 0.15) is 19.8 Å². The Morgan fingerprint density at radius 3 is 1.88 bits per heavy atom. The van der Waals surface area contributed by atoms with Crippen molar-refractivity contribution in [1.29, 1.82) is 0 Å². The van der Waals surface area contributed by atoms with Crippen molar-refractivity contribution in [3.8, 4) is 0 Å². The molecule has 96 valence electrons. The Morgan fingerprint density at radius 2 is 1.62 bits per heavy atom. The van der Waals surface area contributed by atoms with E-state index in [1.807, 2.05) is 6.92 Å². The number of halogens is 4. The molecule has 0 radical (unpaired) electrons. The Morgan fingerprint density at radius 1 is 1.25 bits per heavy atom. The lowest BCUT2D eigenvalue weighted by atomic mass is 9.95. The van der Waals surface area contributed by atoms with Crippen LogP contribution in [0, 0.1) is 0 Å². The first-order chi connectivity index (χ1) is 7.33. The van der Waals surface area contributed by atoms with E-state index in [1.54, 1.807) is 0 Å². The first-order valence-electron chi connectivity index (χ1n) is 4.71. The molecule has 7 heteroatoms. The van der Waals surface area contributed by atoms with Gasteiger partial charge in [-0.2, -0.15) is 0 Å². The van der Waals surface area contributed by atoms with Gasteiger partial charge in [-0.3, -0.25) is 0 Å². The second-order valence-corrected chi connectivity index (χ2v) is 7.67. The number of nitrogens with two attached hydrogens (primary N) is 1. The second-order valence-electron chi connectivity index (χ2n) is 3.78. The van der Waals surface area contributed by atoms with Gasteiger partial charge in [-0.25, -0.2) is 4.79 Å². The summed E-state index contributed by atoms with van der Waals surface area (Å²) in [5, 5.41) is 1.60. The summed E-state index contributed by atoms with van der Waals surface area (Å²) in [5.41, 5.74) is 4.54. The van der Waals surface area contributed by atoms with Crippen LogP contribution in [-0.4, -0.2) is 32.0 Å². The van der Waals surface area contributed by atoms with Gasteiger partial charge < -0.3 is 10.5 Å². The van der Waals surface area contributed by atoms with Crippen molar-refractivity contribution >= 4 is 69.8 Å². The molecule has 0 aromatic carbocycles. The molecule has 0 fully saturated rings. The fraction of sp³-hybridized carbons (Fsp3) is 0.889. The van der Waals surface area contributed by atoms with Crippen LogP contribution in [-0.2, 0) is 4.74 Å². The van der Waals surface area contributed by atoms with Crippen LogP contribution >= 0.6 is 63.7 Å². The minimum atomic E-state index is -0.731. The van der Waals surface area contributed by atoms with Crippen molar-refractivity contribution in [3.63, 3.8) is 0 Å². The number of ether oxygens (including phenoxy) is 1. The maximum Gasteiger partial charge on any atom is 0.405 e. The molecule has 2 N–H and O–H groups in total. The van der Waals surface area contributed by atoms with E-state index in [0.717, 1.165) is 10.7 Å². The molecule has 0 aliphatic carbocycles. The van der Waals surface area contributed by atoms with Crippen LogP contribution in [0.15, 0.2) is 0 Å². The molecule has 2 unspecified atom stereocenters. The maximum atomic E-state index is 10.9. The number of carbonyl (C=O) groups is 1. The van der Waals surface area contributed by atoms with Gasteiger partial charge in [-0.1, -0.05) is 63.7 Å². The van der Waals surface area contributed by atoms with Crippen LogP contribution in [0.4, 0.5) is 4.79 Å². The Balaban J connectivity index is 4.53. The molecule has 0 bridgehead atoms. The van der Waals surface area contributed by atoms with E-state index in [4.69, 9.17) is 10.5 Å². The number of hydrogen-bond donors (Lipinski definition) is 1. The lowest BCUT2D eigenvalue weighted by Crippen LogP contribution is -2.39. The van der Waals surface area contributed by atoms with Crippen molar-refractivity contribution in [2.75, 3.05) is 10.7 Å². The predicted octanol–water partition coefficient (Wildman–Crippen LogP) is 3.94. The number of primary amides is 1. The smallest absolute Gasteiger partial charge is 0.405 e. The average molecular weight is 489 g/mol. The van der Waals surface area contributed by atoms with Crippen LogP contribution in [0.5, 0.6) is 0 Å². The molecule has 0 spiro atoms. The summed E-state index contributed by atoms with van der Waals surface area (Å²) < 4.78 is 5.22. The standard InChI is InChI=1S/C9H15Br4NO2/c1-9(16-8(14)15,2-6(12)4-10)3-7(13)5-11/h6-7H,2-5H2,1H3,(H2,14,15). The van der Waals surface area contributed by atoms with E-state index in [2.05, 4.69) is 63.7 Å². The number of amides is 1. The SMILES string of the molecule is CC(CC(Br)CBr)(CC(Br)CBr)OC(N)=O. The molecule has 1 amide bonds. The Hall–Kier alpha value is 1.19. The first kappa shape index (κ1) is 17.2. The molecular formula is C9H15Br4NO2. The van der Waals surface area contributed by atoms with Crippen LogP contribution < -0.4 is 5.73 Å². The zero-order valence-electron chi connectivity index (χ0n) is 8.89. The van der Waals surface area contributed by atoms with E-state index in [-0.39, 0.29) is 9.65 Å². The summed E-state index contributed by atoms with van der Waals surface area (Å²) in [6.07, 6.45) is 0.679. The van der Waals surface area contributed by atoms with Gasteiger partial charge in [-0.15, -0.1) is 0 Å². The van der Waals surface area contributed by atoms with E-state index < -0.39 is 11.7 Å². The lowest BCUT2D eigenvalue weighted by molar-refractivity contribution is 0.0201. The zero-order chi connectivity index (χ0) is 12.8. The molecule has 0 saturated carbocycles. The lowest BCUT2D eigenvalue weighted by Gasteiger charge is -2.31. The van der Waals surface area contributed by atoms with Gasteiger partial charge in [0.1, 0.15) is 5.60 Å². The third kappa shape index (κ3) is 7.50. The molecule has 0 rings (SSSR count). The Kier molecular flexibility index (Phi) is 8.94. The van der Waals surface area contributed by atoms with Crippen molar-refractivity contribution in [3.05, 3.63) is 0 Å². The number of hydrogen-bond acceptors (Lipinski definition) is 2. The second kappa shape index (κ2) is 8.32. The summed E-state index contributed by atoms with van der Waals surface area (Å²) in [7, 11) is 0. The molecule has 0 aliphatic rings. The van der Waals surface area contributed by atoms with E-state index in [1.165, 1.54) is 0 Å². The predicted molar refractivity (Wildman–Crippen MR) is 81.3 cm³/mol. The minimum Gasteiger partial charge on any atom is -0.443 e. The van der Waals surface area contributed by atoms with Gasteiger partial charge in [0.25, 0.3) is 0 Å². The van der Waals surface area contributed by atoms with Crippen molar-refractivity contribution < 1.29 is 9.53 Å². The average Bonchev–Trinajstić information content (AvgIpc) is 2.15. The topological polar surface area (TPSA) is 52.3 Å². The van der Waals surface area contributed by atoms with Crippen LogP contribution in [0.25, 0.3) is 0 Å². The molecule has 0 aromatic heterocycles. The summed E-state index contributed by atoms with van der Waals surface area (Å²) in [4.78, 5) is 11.4. The maximum absolute atomic E-state index is 10.9. The highest BCUT2D eigenvalue weighted by Gasteiger charge is 2.32. The van der Waals surface area contributed by atoms with E-state index >= 15 is 0 Å². The minimum absolute atomic E-state index is 0.242. The van der Waals surface area contributed by atoms with Gasteiger partial charge in [0, 0.05) is 33.2 Å². The number of rotatable bonds is 7. The van der Waals surface area contributed by atoms with Crippen molar-refractivity contribution in [2.24, 2.45) is 5.73 Å². The van der Waals surface area contributed by atoms with E-state index in [0.29, 0.717) is 12.8 Å². The molecule has 0 aliphatic heterocycles. The summed E-state index contributed by atoms with van der Waals surface area (Å²) in [6.45, 7) is 1.89. The van der Waals surface area contributed by atoms with Gasteiger partial charge in [0.15, 0.2) is 0 Å². The monoisotopic (exact) mass is 485 g/mol. The number of alkyl halides is 4. The highest BCUT2D eigenvalue weighted by molar-refractivity contribution is 9.12. The first-order valence-corrected chi connectivity index (χ1v) is 8.79. The van der Waals surface area contributed by atoms with Crippen molar-refractivity contribution in [2.45, 2.75) is 35.0 Å². The highest BCUT2D eigenvalue weighted by atomic mass is 79.9. The van der Waals surface area contributed by atoms with Gasteiger partial charge in [0.05, 0.1) is 0 Å². The third-order valence-electron chi connectivity index (χ3n) is 1.99. The molecule has 16 heavy (non-hydrogen) atoms. The summed E-state index contributed by atoms with van der Waals surface area (Å²) in [5.74, 6) is 0. The Labute approximate surface area is 130 Å². The van der Waals surface area contributed by atoms with Gasteiger partial charge in [0.2, 0.25) is 0 Å². The largest absolute Gasteiger partial charge is 0.443 e. The Bertz CT molecular complexity index is 216. The molecule has 2 atom stereocenters. The molecule has 3 nitrogen and oxygen atoms in total. The molecule has 0 heterocycles. The van der Waals surface area contributed by atoms with Crippen LogP contribution in [0.3, 0.4) is 0 Å². The quantitative estimate of drug-likeness (QED) is 0.552. The fourth-order valence-corrected chi connectivity index (χ4v) is 3.28. The third-order valence-corrected chi connectivity index (χ3v) is 6.58. The fourth-order valence-electron chi connectivity index (χ4n) is 1.46. The van der Waals surface area contributed by atoms with Crippen LogP contribution in [0.2, 0.25) is 0 Å². The van der Waals surface area contributed by atoms with Crippen molar-refractivity contribution in [1.82, 2.24) is 0 Å².